The van der Waals surface area contributed by atoms with Crippen LogP contribution in [-0.4, -0.2) is 11.9 Å². The minimum atomic E-state index is -0.155. The van der Waals surface area contributed by atoms with Crippen LogP contribution in [0.5, 0.6) is 0 Å². The molecule has 0 bridgehead atoms. The van der Waals surface area contributed by atoms with Crippen molar-refractivity contribution in [1.29, 1.82) is 0 Å². The van der Waals surface area contributed by atoms with Crippen LogP contribution in [0.4, 0.5) is 0 Å². The number of hydrogen-bond donors (Lipinski definition) is 0. The fraction of sp³-hybridized carbons (Fsp3) is 0.214. The molecule has 0 aromatic heterocycles. The maximum atomic E-state index is 11.4. The lowest BCUT2D eigenvalue weighted by atomic mass is 9.97. The highest BCUT2D eigenvalue weighted by Crippen LogP contribution is 2.17. The average molecular weight is 214 g/mol. The van der Waals surface area contributed by atoms with E-state index in [4.69, 9.17) is 4.74 Å². The quantitative estimate of drug-likeness (QED) is 0.756. The van der Waals surface area contributed by atoms with Crippen molar-refractivity contribution in [3.05, 3.63) is 54.3 Å². The minimum absolute atomic E-state index is 0.107. The molecule has 0 amide bonds. The van der Waals surface area contributed by atoms with Crippen LogP contribution in [0.25, 0.3) is 6.08 Å². The molecule has 1 heterocycles. The van der Waals surface area contributed by atoms with Crippen molar-refractivity contribution in [2.45, 2.75) is 13.0 Å². The van der Waals surface area contributed by atoms with E-state index >= 15 is 0 Å². The van der Waals surface area contributed by atoms with E-state index in [1.807, 2.05) is 49.4 Å². The van der Waals surface area contributed by atoms with Crippen molar-refractivity contribution in [3.8, 4) is 0 Å². The Morgan fingerprint density at radius 3 is 2.75 bits per heavy atom. The molecule has 1 unspecified atom stereocenters. The molecule has 2 rings (SSSR count). The molecule has 2 nitrogen and oxygen atoms in total. The second-order valence-corrected chi connectivity index (χ2v) is 3.86. The predicted molar refractivity (Wildman–Crippen MR) is 63.7 cm³/mol. The van der Waals surface area contributed by atoms with E-state index < -0.39 is 0 Å². The number of allylic oxidation sites excluding steroid dienone is 1. The number of ether oxygens (including phenoxy) is 1. The van der Waals surface area contributed by atoms with Crippen LogP contribution in [0, 0.1) is 5.92 Å². The van der Waals surface area contributed by atoms with Gasteiger partial charge in [0.05, 0.1) is 12.2 Å². The maximum Gasteiger partial charge on any atom is 0.165 e. The first-order valence-electron chi connectivity index (χ1n) is 5.36. The van der Waals surface area contributed by atoms with Crippen molar-refractivity contribution in [2.75, 3.05) is 0 Å². The number of hydrogen-bond acceptors (Lipinski definition) is 2. The molecule has 0 spiro atoms. The Balaban J connectivity index is 2.08. The Morgan fingerprint density at radius 1 is 1.25 bits per heavy atom. The summed E-state index contributed by atoms with van der Waals surface area (Å²) in [6, 6.07) is 9.97. The molecule has 2 heteroatoms. The first-order valence-corrected chi connectivity index (χ1v) is 5.36. The monoisotopic (exact) mass is 214 g/mol. The van der Waals surface area contributed by atoms with E-state index in [1.54, 1.807) is 0 Å². The van der Waals surface area contributed by atoms with Crippen LogP contribution in [0.1, 0.15) is 12.5 Å². The zero-order valence-corrected chi connectivity index (χ0v) is 9.17. The number of carbonyl (C=O) groups excluding carboxylic acids is 1. The van der Waals surface area contributed by atoms with Gasteiger partial charge < -0.3 is 4.74 Å². The van der Waals surface area contributed by atoms with Gasteiger partial charge in [-0.1, -0.05) is 43.3 Å². The molecule has 1 aliphatic heterocycles. The highest BCUT2D eigenvalue weighted by atomic mass is 16.5. The summed E-state index contributed by atoms with van der Waals surface area (Å²) in [6.45, 7) is 1.88. The summed E-state index contributed by atoms with van der Waals surface area (Å²) < 4.78 is 5.39. The van der Waals surface area contributed by atoms with Crippen LogP contribution in [0.3, 0.4) is 0 Å². The van der Waals surface area contributed by atoms with E-state index in [0.717, 1.165) is 5.56 Å². The first kappa shape index (κ1) is 10.7. The zero-order chi connectivity index (χ0) is 11.4. The fourth-order valence-electron chi connectivity index (χ4n) is 1.61. The smallest absolute Gasteiger partial charge is 0.165 e. The lowest BCUT2D eigenvalue weighted by Crippen LogP contribution is -2.27. The van der Waals surface area contributed by atoms with Crippen LogP contribution >= 0.6 is 0 Å². The van der Waals surface area contributed by atoms with Gasteiger partial charge in [0.2, 0.25) is 0 Å². The second kappa shape index (κ2) is 4.79. The molecule has 0 aliphatic carbocycles. The minimum Gasteiger partial charge on any atom is -0.493 e. The first-order chi connectivity index (χ1) is 7.77. The number of ketones is 1. The van der Waals surface area contributed by atoms with Gasteiger partial charge >= 0.3 is 0 Å². The Bertz CT molecular complexity index is 418. The lowest BCUT2D eigenvalue weighted by molar-refractivity contribution is -0.121. The molecular weight excluding hydrogens is 200 g/mol. The van der Waals surface area contributed by atoms with E-state index in [9.17, 15) is 4.79 Å². The maximum absolute atomic E-state index is 11.4. The highest BCUT2D eigenvalue weighted by Gasteiger charge is 2.23. The van der Waals surface area contributed by atoms with E-state index in [-0.39, 0.29) is 17.8 Å². The molecule has 1 aliphatic rings. The van der Waals surface area contributed by atoms with Gasteiger partial charge in [-0.05, 0) is 11.6 Å². The third kappa shape index (κ3) is 2.40. The Hall–Kier alpha value is -1.83. The molecular formula is C14H14O2. The predicted octanol–water partition coefficient (Wildman–Crippen LogP) is 2.82. The van der Waals surface area contributed by atoms with E-state index in [1.165, 1.54) is 12.3 Å². The third-order valence-electron chi connectivity index (χ3n) is 2.69. The topological polar surface area (TPSA) is 26.3 Å². The summed E-state index contributed by atoms with van der Waals surface area (Å²) in [7, 11) is 0. The zero-order valence-electron chi connectivity index (χ0n) is 9.17. The largest absolute Gasteiger partial charge is 0.493 e. The van der Waals surface area contributed by atoms with Crippen LogP contribution in [0.15, 0.2) is 48.7 Å². The van der Waals surface area contributed by atoms with Gasteiger partial charge in [0.15, 0.2) is 5.78 Å². The van der Waals surface area contributed by atoms with Crippen LogP contribution in [-0.2, 0) is 9.53 Å². The van der Waals surface area contributed by atoms with Gasteiger partial charge in [-0.15, -0.1) is 0 Å². The van der Waals surface area contributed by atoms with Crippen molar-refractivity contribution in [3.63, 3.8) is 0 Å². The standard InChI is InChI=1S/C14H14O2/c1-11-13(15)9-10-16-14(11)8-7-12-5-3-2-4-6-12/h2-11,14H,1H3/b8-7+/t11-,14?/m1/s1. The molecule has 2 atom stereocenters. The molecule has 1 aromatic rings. The summed E-state index contributed by atoms with van der Waals surface area (Å²) in [6.07, 6.45) is 6.72. The molecule has 0 N–H and O–H groups in total. The normalized spacial score (nSPS) is 24.7. The fourth-order valence-corrected chi connectivity index (χ4v) is 1.61. The average Bonchev–Trinajstić information content (AvgIpc) is 2.32. The van der Waals surface area contributed by atoms with Crippen molar-refractivity contribution in [2.24, 2.45) is 5.92 Å². The number of benzene rings is 1. The van der Waals surface area contributed by atoms with Gasteiger partial charge in [-0.2, -0.15) is 0 Å². The summed E-state index contributed by atoms with van der Waals surface area (Å²) in [5.74, 6) is 0.0129. The number of carbonyl (C=O) groups is 1. The van der Waals surface area contributed by atoms with Gasteiger partial charge in [0.1, 0.15) is 6.10 Å². The summed E-state index contributed by atoms with van der Waals surface area (Å²) in [5, 5.41) is 0. The number of rotatable bonds is 2. The third-order valence-corrected chi connectivity index (χ3v) is 2.69. The van der Waals surface area contributed by atoms with E-state index in [0.29, 0.717) is 0 Å². The van der Waals surface area contributed by atoms with Gasteiger partial charge in [0, 0.05) is 6.08 Å². The summed E-state index contributed by atoms with van der Waals surface area (Å²) in [4.78, 5) is 11.4. The van der Waals surface area contributed by atoms with Gasteiger partial charge in [0.25, 0.3) is 0 Å². The summed E-state index contributed by atoms with van der Waals surface area (Å²) >= 11 is 0. The molecule has 82 valence electrons. The Morgan fingerprint density at radius 2 is 2.00 bits per heavy atom. The molecule has 0 saturated carbocycles. The summed E-state index contributed by atoms with van der Waals surface area (Å²) in [5.41, 5.74) is 1.11. The van der Waals surface area contributed by atoms with Crippen molar-refractivity contribution >= 4 is 11.9 Å². The van der Waals surface area contributed by atoms with Crippen molar-refractivity contribution < 1.29 is 9.53 Å². The lowest BCUT2D eigenvalue weighted by Gasteiger charge is -2.21. The Kier molecular flexibility index (Phi) is 3.20. The molecule has 1 aromatic carbocycles. The van der Waals surface area contributed by atoms with Gasteiger partial charge in [-0.3, -0.25) is 4.79 Å². The van der Waals surface area contributed by atoms with Gasteiger partial charge in [-0.25, -0.2) is 0 Å². The Labute approximate surface area is 95.2 Å². The van der Waals surface area contributed by atoms with Crippen LogP contribution < -0.4 is 0 Å². The molecule has 16 heavy (non-hydrogen) atoms. The van der Waals surface area contributed by atoms with E-state index in [2.05, 4.69) is 0 Å². The SMILES string of the molecule is C[C@@H]1C(=O)C=COC1/C=C/c1ccccc1. The van der Waals surface area contributed by atoms with Crippen molar-refractivity contribution in [1.82, 2.24) is 0 Å². The highest BCUT2D eigenvalue weighted by molar-refractivity contribution is 5.92. The molecule has 0 fully saturated rings. The second-order valence-electron chi connectivity index (χ2n) is 3.86. The molecule has 0 radical (unpaired) electrons. The molecule has 0 saturated heterocycles. The van der Waals surface area contributed by atoms with Crippen LogP contribution in [0.2, 0.25) is 0 Å².